The Bertz CT molecular complexity index is 958. The number of hydrogen-bond donors (Lipinski definition) is 1. The predicted molar refractivity (Wildman–Crippen MR) is 117 cm³/mol. The number of carbonyl (C=O) groups is 1. The van der Waals surface area contributed by atoms with E-state index in [1.54, 1.807) is 30.7 Å². The first-order valence-electron chi connectivity index (χ1n) is 8.76. The van der Waals surface area contributed by atoms with E-state index in [4.69, 9.17) is 14.2 Å². The first-order valence-corrected chi connectivity index (χ1v) is 12.5. The molecule has 1 aromatic heterocycles. The Labute approximate surface area is 183 Å². The minimum Gasteiger partial charge on any atom is -0.493 e. The van der Waals surface area contributed by atoms with E-state index in [0.717, 1.165) is 15.6 Å². The highest BCUT2D eigenvalue weighted by Gasteiger charge is 2.22. The molecule has 0 saturated heterocycles. The van der Waals surface area contributed by atoms with Crippen LogP contribution in [0.4, 0.5) is 0 Å². The van der Waals surface area contributed by atoms with Crippen LogP contribution in [0.1, 0.15) is 33.8 Å². The van der Waals surface area contributed by atoms with Gasteiger partial charge in [-0.3, -0.25) is 0 Å². The van der Waals surface area contributed by atoms with Gasteiger partial charge >= 0.3 is 5.97 Å². The van der Waals surface area contributed by atoms with Crippen molar-refractivity contribution in [2.24, 2.45) is 0 Å². The summed E-state index contributed by atoms with van der Waals surface area (Å²) in [6.45, 7) is 2.60. The van der Waals surface area contributed by atoms with Crippen molar-refractivity contribution in [3.05, 3.63) is 44.1 Å². The van der Waals surface area contributed by atoms with E-state index in [9.17, 15) is 13.2 Å². The minimum atomic E-state index is -3.28. The minimum absolute atomic E-state index is 0.111. The number of thiophene rings is 1. The summed E-state index contributed by atoms with van der Waals surface area (Å²) in [7, 11) is -0.406. The average molecular weight is 506 g/mol. The van der Waals surface area contributed by atoms with Crippen molar-refractivity contribution in [2.75, 3.05) is 32.8 Å². The highest BCUT2D eigenvalue weighted by molar-refractivity contribution is 9.10. The standard InChI is InChI=1S/C19H24BrNO6S2/c1-5-27-17-8-12(6-7-16(17)25-2)15(11-29(4,23)24)21-9-13-14(20)10-28-18(13)19(22)26-3/h6-8,10,15,21H,5,9,11H2,1-4H3. The van der Waals surface area contributed by atoms with Gasteiger partial charge in [0.05, 0.1) is 26.6 Å². The molecule has 0 aliphatic heterocycles. The van der Waals surface area contributed by atoms with Crippen molar-refractivity contribution in [3.8, 4) is 11.5 Å². The maximum Gasteiger partial charge on any atom is 0.348 e. The second-order valence-electron chi connectivity index (χ2n) is 6.25. The van der Waals surface area contributed by atoms with E-state index in [-0.39, 0.29) is 12.3 Å². The number of halogens is 1. The van der Waals surface area contributed by atoms with E-state index in [2.05, 4.69) is 21.2 Å². The fourth-order valence-electron chi connectivity index (χ4n) is 2.77. The second-order valence-corrected chi connectivity index (χ2v) is 10.2. The first-order chi connectivity index (χ1) is 13.7. The summed E-state index contributed by atoms with van der Waals surface area (Å²) in [5.41, 5.74) is 1.46. The van der Waals surface area contributed by atoms with Crippen LogP contribution < -0.4 is 14.8 Å². The fraction of sp³-hybridized carbons (Fsp3) is 0.421. The molecule has 0 aliphatic carbocycles. The van der Waals surface area contributed by atoms with Crippen LogP contribution in [-0.2, 0) is 21.1 Å². The highest BCUT2D eigenvalue weighted by atomic mass is 79.9. The van der Waals surface area contributed by atoms with Crippen molar-refractivity contribution < 1.29 is 27.4 Å². The average Bonchev–Trinajstić information content (AvgIpc) is 3.04. The molecule has 0 radical (unpaired) electrons. The Morgan fingerprint density at radius 3 is 2.59 bits per heavy atom. The SMILES string of the molecule is CCOc1cc(C(CS(C)(=O)=O)NCc2c(Br)csc2C(=O)OC)ccc1OC. The van der Waals surface area contributed by atoms with Crippen LogP contribution in [0.15, 0.2) is 28.1 Å². The van der Waals surface area contributed by atoms with Gasteiger partial charge in [-0.2, -0.15) is 0 Å². The molecule has 0 bridgehead atoms. The molecule has 7 nitrogen and oxygen atoms in total. The lowest BCUT2D eigenvalue weighted by molar-refractivity contribution is 0.0605. The normalized spacial score (nSPS) is 12.4. The predicted octanol–water partition coefficient (Wildman–Crippen LogP) is 3.58. The molecule has 0 fully saturated rings. The molecule has 1 unspecified atom stereocenters. The largest absolute Gasteiger partial charge is 0.493 e. The Hall–Kier alpha value is -1.62. The molecular formula is C19H24BrNO6S2. The van der Waals surface area contributed by atoms with Gasteiger partial charge in [0, 0.05) is 34.3 Å². The number of nitrogens with one attached hydrogen (secondary N) is 1. The summed E-state index contributed by atoms with van der Waals surface area (Å²) in [5.74, 6) is 0.572. The van der Waals surface area contributed by atoms with Gasteiger partial charge < -0.3 is 19.5 Å². The summed E-state index contributed by atoms with van der Waals surface area (Å²) in [6.07, 6.45) is 1.19. The molecule has 1 N–H and O–H groups in total. The quantitative estimate of drug-likeness (QED) is 0.493. The van der Waals surface area contributed by atoms with Crippen LogP contribution in [0.3, 0.4) is 0 Å². The monoisotopic (exact) mass is 505 g/mol. The summed E-state index contributed by atoms with van der Waals surface area (Å²) in [6, 6.07) is 4.81. The Morgan fingerprint density at radius 1 is 1.28 bits per heavy atom. The van der Waals surface area contributed by atoms with E-state index in [1.165, 1.54) is 24.7 Å². The summed E-state index contributed by atoms with van der Waals surface area (Å²) < 4.78 is 40.5. The van der Waals surface area contributed by atoms with Crippen molar-refractivity contribution >= 4 is 43.1 Å². The first kappa shape index (κ1) is 23.7. The van der Waals surface area contributed by atoms with Gasteiger partial charge in [0.25, 0.3) is 0 Å². The zero-order valence-corrected chi connectivity index (χ0v) is 19.9. The van der Waals surface area contributed by atoms with Gasteiger partial charge in [0.2, 0.25) is 0 Å². The number of sulfone groups is 1. The van der Waals surface area contributed by atoms with Crippen LogP contribution >= 0.6 is 27.3 Å². The fourth-order valence-corrected chi connectivity index (χ4v) is 5.30. The van der Waals surface area contributed by atoms with E-state index < -0.39 is 21.8 Å². The van der Waals surface area contributed by atoms with Gasteiger partial charge in [0.15, 0.2) is 11.5 Å². The Balaban J connectivity index is 2.34. The third-order valence-electron chi connectivity index (χ3n) is 4.10. The zero-order valence-electron chi connectivity index (χ0n) is 16.7. The molecule has 0 aliphatic rings. The Morgan fingerprint density at radius 2 is 2.00 bits per heavy atom. The maximum atomic E-state index is 12.0. The van der Waals surface area contributed by atoms with E-state index >= 15 is 0 Å². The lowest BCUT2D eigenvalue weighted by Crippen LogP contribution is -2.28. The number of rotatable bonds is 10. The number of carbonyl (C=O) groups excluding carboxylic acids is 1. The number of ether oxygens (including phenoxy) is 3. The second kappa shape index (κ2) is 10.4. The molecule has 1 aromatic carbocycles. The summed E-state index contributed by atoms with van der Waals surface area (Å²) in [4.78, 5) is 12.5. The van der Waals surface area contributed by atoms with Gasteiger partial charge in [-0.1, -0.05) is 6.07 Å². The van der Waals surface area contributed by atoms with Crippen molar-refractivity contribution in [2.45, 2.75) is 19.5 Å². The van der Waals surface area contributed by atoms with Gasteiger partial charge in [-0.25, -0.2) is 13.2 Å². The third-order valence-corrected chi connectivity index (χ3v) is 7.05. The topological polar surface area (TPSA) is 90.9 Å². The number of hydrogen-bond acceptors (Lipinski definition) is 8. The van der Waals surface area contributed by atoms with Gasteiger partial charge in [-0.05, 0) is 40.5 Å². The summed E-state index contributed by atoms with van der Waals surface area (Å²) >= 11 is 4.71. The molecule has 2 aromatic rings. The lowest BCUT2D eigenvalue weighted by Gasteiger charge is -2.20. The molecule has 0 amide bonds. The van der Waals surface area contributed by atoms with Gasteiger partial charge in [0.1, 0.15) is 14.7 Å². The molecule has 1 atom stereocenters. The Kier molecular flexibility index (Phi) is 8.50. The van der Waals surface area contributed by atoms with Crippen molar-refractivity contribution in [1.82, 2.24) is 5.32 Å². The highest BCUT2D eigenvalue weighted by Crippen LogP contribution is 2.32. The van der Waals surface area contributed by atoms with Crippen LogP contribution in [-0.4, -0.2) is 47.2 Å². The third kappa shape index (κ3) is 6.43. The molecule has 2 rings (SSSR count). The number of methoxy groups -OCH3 is 2. The van der Waals surface area contributed by atoms with Crippen molar-refractivity contribution in [1.29, 1.82) is 0 Å². The van der Waals surface area contributed by atoms with Crippen LogP contribution in [0, 0.1) is 0 Å². The lowest BCUT2D eigenvalue weighted by atomic mass is 10.1. The molecule has 10 heteroatoms. The maximum absolute atomic E-state index is 12.0. The molecular weight excluding hydrogens is 482 g/mol. The smallest absolute Gasteiger partial charge is 0.348 e. The molecule has 0 saturated carbocycles. The zero-order chi connectivity index (χ0) is 21.6. The van der Waals surface area contributed by atoms with Crippen LogP contribution in [0.2, 0.25) is 0 Å². The van der Waals surface area contributed by atoms with E-state index in [1.807, 2.05) is 6.92 Å². The number of esters is 1. The van der Waals surface area contributed by atoms with Crippen molar-refractivity contribution in [3.63, 3.8) is 0 Å². The van der Waals surface area contributed by atoms with E-state index in [0.29, 0.717) is 23.0 Å². The van der Waals surface area contributed by atoms with Crippen LogP contribution in [0.5, 0.6) is 11.5 Å². The summed E-state index contributed by atoms with van der Waals surface area (Å²) in [5, 5.41) is 5.06. The number of benzene rings is 1. The molecule has 29 heavy (non-hydrogen) atoms. The molecule has 1 heterocycles. The van der Waals surface area contributed by atoms with Gasteiger partial charge in [-0.15, -0.1) is 11.3 Å². The molecule has 0 spiro atoms. The van der Waals surface area contributed by atoms with Crippen LogP contribution in [0.25, 0.3) is 0 Å². The molecule has 160 valence electrons.